The Hall–Kier alpha value is -3.53. The molecule has 2 aromatic rings. The first-order chi connectivity index (χ1) is 14.9. The molecule has 0 heterocycles. The summed E-state index contributed by atoms with van der Waals surface area (Å²) in [5, 5.41) is 12.1. The van der Waals surface area contributed by atoms with Gasteiger partial charge in [0.1, 0.15) is 18.1 Å². The van der Waals surface area contributed by atoms with Crippen LogP contribution in [0.3, 0.4) is 0 Å². The highest BCUT2D eigenvalue weighted by atomic mass is 16.5. The largest absolute Gasteiger partial charge is 0.494 e. The van der Waals surface area contributed by atoms with Gasteiger partial charge in [-0.1, -0.05) is 13.8 Å². The SMILES string of the molecule is CCOc1cc(OCC(=O)CC(C)C)cc(C(Nc2ccc(C#N)cc2)C(=O)OC)c1. The van der Waals surface area contributed by atoms with Crippen molar-refractivity contribution in [2.75, 3.05) is 25.6 Å². The average molecular weight is 424 g/mol. The maximum Gasteiger partial charge on any atom is 0.332 e. The molecule has 7 heteroatoms. The van der Waals surface area contributed by atoms with Crippen LogP contribution in [0.15, 0.2) is 42.5 Å². The van der Waals surface area contributed by atoms with Crippen LogP contribution in [0.2, 0.25) is 0 Å². The van der Waals surface area contributed by atoms with Crippen molar-refractivity contribution >= 4 is 17.4 Å². The van der Waals surface area contributed by atoms with Crippen molar-refractivity contribution in [2.45, 2.75) is 33.2 Å². The van der Waals surface area contributed by atoms with Crippen molar-refractivity contribution in [2.24, 2.45) is 5.92 Å². The Morgan fingerprint density at radius 2 is 1.71 bits per heavy atom. The van der Waals surface area contributed by atoms with Crippen LogP contribution in [0.4, 0.5) is 5.69 Å². The summed E-state index contributed by atoms with van der Waals surface area (Å²) in [7, 11) is 1.31. The zero-order valence-electron chi connectivity index (χ0n) is 18.3. The molecule has 164 valence electrons. The molecule has 0 amide bonds. The number of anilines is 1. The van der Waals surface area contributed by atoms with Gasteiger partial charge in [-0.3, -0.25) is 4.79 Å². The number of carbonyl (C=O) groups excluding carboxylic acids is 2. The Labute approximate surface area is 182 Å². The summed E-state index contributed by atoms with van der Waals surface area (Å²) >= 11 is 0. The average Bonchev–Trinajstić information content (AvgIpc) is 2.75. The van der Waals surface area contributed by atoms with E-state index in [1.807, 2.05) is 20.8 Å². The molecule has 0 aliphatic carbocycles. The molecule has 1 unspecified atom stereocenters. The number of ketones is 1. The van der Waals surface area contributed by atoms with Gasteiger partial charge in [-0.25, -0.2) is 4.79 Å². The fraction of sp³-hybridized carbons (Fsp3) is 0.375. The Morgan fingerprint density at radius 3 is 2.26 bits per heavy atom. The van der Waals surface area contributed by atoms with Gasteiger partial charge in [0.15, 0.2) is 11.8 Å². The molecule has 0 saturated heterocycles. The minimum atomic E-state index is -0.841. The molecule has 1 N–H and O–H groups in total. The van der Waals surface area contributed by atoms with Crippen molar-refractivity contribution in [3.05, 3.63) is 53.6 Å². The highest BCUT2D eigenvalue weighted by molar-refractivity contribution is 5.82. The van der Waals surface area contributed by atoms with Crippen LogP contribution in [-0.2, 0) is 14.3 Å². The first-order valence-electron chi connectivity index (χ1n) is 10.1. The van der Waals surface area contributed by atoms with Gasteiger partial charge in [0.25, 0.3) is 0 Å². The normalized spacial score (nSPS) is 11.4. The van der Waals surface area contributed by atoms with E-state index in [2.05, 4.69) is 11.4 Å². The fourth-order valence-corrected chi connectivity index (χ4v) is 2.98. The molecule has 0 spiro atoms. The monoisotopic (exact) mass is 424 g/mol. The van der Waals surface area contributed by atoms with Crippen LogP contribution in [0.25, 0.3) is 0 Å². The van der Waals surface area contributed by atoms with Gasteiger partial charge in [0.05, 0.1) is 25.3 Å². The summed E-state index contributed by atoms with van der Waals surface area (Å²) in [6, 6.07) is 13.0. The second-order valence-electron chi connectivity index (χ2n) is 7.39. The van der Waals surface area contributed by atoms with Gasteiger partial charge in [0.2, 0.25) is 0 Å². The highest BCUT2D eigenvalue weighted by Gasteiger charge is 2.23. The molecule has 0 aliphatic heterocycles. The Bertz CT molecular complexity index is 932. The number of hydrogen-bond acceptors (Lipinski definition) is 7. The summed E-state index contributed by atoms with van der Waals surface area (Å²) in [5.41, 5.74) is 1.72. The summed E-state index contributed by atoms with van der Waals surface area (Å²) in [5.74, 6) is 0.690. The predicted octanol–water partition coefficient (Wildman–Crippen LogP) is 4.28. The van der Waals surface area contributed by atoms with Crippen LogP contribution in [-0.4, -0.2) is 32.1 Å². The van der Waals surface area contributed by atoms with E-state index in [1.165, 1.54) is 7.11 Å². The molecule has 7 nitrogen and oxygen atoms in total. The zero-order chi connectivity index (χ0) is 22.8. The topological polar surface area (TPSA) is 97.6 Å². The lowest BCUT2D eigenvalue weighted by atomic mass is 10.0. The molecule has 2 rings (SSSR count). The van der Waals surface area contributed by atoms with Crippen molar-refractivity contribution in [3.8, 4) is 17.6 Å². The molecule has 1 atom stereocenters. The van der Waals surface area contributed by atoms with Crippen LogP contribution in [0.1, 0.15) is 44.4 Å². The van der Waals surface area contributed by atoms with E-state index in [4.69, 9.17) is 19.5 Å². The van der Waals surface area contributed by atoms with Gasteiger partial charge in [-0.05, 0) is 54.8 Å². The van der Waals surface area contributed by atoms with Gasteiger partial charge in [-0.2, -0.15) is 5.26 Å². The number of esters is 1. The van der Waals surface area contributed by atoms with E-state index >= 15 is 0 Å². The van der Waals surface area contributed by atoms with E-state index in [1.54, 1.807) is 42.5 Å². The van der Waals surface area contributed by atoms with Gasteiger partial charge in [0, 0.05) is 18.2 Å². The predicted molar refractivity (Wildman–Crippen MR) is 117 cm³/mol. The Kier molecular flexibility index (Phi) is 8.89. The first-order valence-corrected chi connectivity index (χ1v) is 10.1. The molecule has 0 radical (unpaired) electrons. The third kappa shape index (κ3) is 7.34. The second kappa shape index (κ2) is 11.6. The second-order valence-corrected chi connectivity index (χ2v) is 7.39. The third-order valence-corrected chi connectivity index (χ3v) is 4.34. The lowest BCUT2D eigenvalue weighted by molar-refractivity contribution is -0.141. The number of hydrogen-bond donors (Lipinski definition) is 1. The summed E-state index contributed by atoms with van der Waals surface area (Å²) < 4.78 is 16.3. The minimum Gasteiger partial charge on any atom is -0.494 e. The molecule has 31 heavy (non-hydrogen) atoms. The number of Topliss-reactive ketones (excluding diaryl/α,β-unsaturated/α-hetero) is 1. The third-order valence-electron chi connectivity index (χ3n) is 4.34. The van der Waals surface area contributed by atoms with Crippen LogP contribution in [0, 0.1) is 17.2 Å². The number of rotatable bonds is 11. The van der Waals surface area contributed by atoms with Crippen LogP contribution in [0.5, 0.6) is 11.5 Å². The zero-order valence-corrected chi connectivity index (χ0v) is 18.3. The van der Waals surface area contributed by atoms with Gasteiger partial charge in [-0.15, -0.1) is 0 Å². The number of methoxy groups -OCH3 is 1. The molecule has 0 saturated carbocycles. The van der Waals surface area contributed by atoms with E-state index in [0.29, 0.717) is 41.3 Å². The standard InChI is InChI=1S/C24H28N2O5/c1-5-30-21-11-18(12-22(13-21)31-15-20(27)10-16(2)3)23(24(28)29-4)26-19-8-6-17(14-25)7-9-19/h6-9,11-13,16,23,26H,5,10,15H2,1-4H3. The number of carbonyl (C=O) groups is 2. The van der Waals surface area contributed by atoms with E-state index < -0.39 is 12.0 Å². The minimum absolute atomic E-state index is 0.00131. The fourth-order valence-electron chi connectivity index (χ4n) is 2.98. The van der Waals surface area contributed by atoms with Crippen molar-refractivity contribution in [1.29, 1.82) is 5.26 Å². The van der Waals surface area contributed by atoms with E-state index in [9.17, 15) is 9.59 Å². The van der Waals surface area contributed by atoms with Crippen molar-refractivity contribution in [1.82, 2.24) is 0 Å². The summed E-state index contributed by atoms with van der Waals surface area (Å²) in [6.45, 7) is 6.18. The lowest BCUT2D eigenvalue weighted by Crippen LogP contribution is -2.22. The smallest absolute Gasteiger partial charge is 0.332 e. The maximum atomic E-state index is 12.5. The highest BCUT2D eigenvalue weighted by Crippen LogP contribution is 2.30. The van der Waals surface area contributed by atoms with Gasteiger partial charge < -0.3 is 19.5 Å². The Balaban J connectivity index is 2.32. The maximum absolute atomic E-state index is 12.5. The number of benzene rings is 2. The van der Waals surface area contributed by atoms with E-state index in [0.717, 1.165) is 0 Å². The van der Waals surface area contributed by atoms with Crippen LogP contribution >= 0.6 is 0 Å². The van der Waals surface area contributed by atoms with Crippen molar-refractivity contribution < 1.29 is 23.8 Å². The molecule has 0 bridgehead atoms. The Morgan fingerprint density at radius 1 is 1.06 bits per heavy atom. The molecular weight excluding hydrogens is 396 g/mol. The van der Waals surface area contributed by atoms with Gasteiger partial charge >= 0.3 is 5.97 Å². The molecule has 0 aromatic heterocycles. The van der Waals surface area contributed by atoms with E-state index in [-0.39, 0.29) is 18.3 Å². The molecular formula is C24H28N2O5. The quantitative estimate of drug-likeness (QED) is 0.538. The summed E-state index contributed by atoms with van der Waals surface area (Å²) in [4.78, 5) is 24.6. The van der Waals surface area contributed by atoms with Crippen LogP contribution < -0.4 is 14.8 Å². The number of nitrogens with zero attached hydrogens (tertiary/aromatic N) is 1. The molecule has 0 aliphatic rings. The molecule has 2 aromatic carbocycles. The number of nitrogens with one attached hydrogen (secondary N) is 1. The number of ether oxygens (including phenoxy) is 3. The lowest BCUT2D eigenvalue weighted by Gasteiger charge is -2.20. The first kappa shape index (κ1) is 23.7. The molecule has 0 fully saturated rings. The summed E-state index contributed by atoms with van der Waals surface area (Å²) in [6.07, 6.45) is 0.434. The number of nitriles is 1. The van der Waals surface area contributed by atoms with Crippen molar-refractivity contribution in [3.63, 3.8) is 0 Å².